The maximum absolute atomic E-state index is 11.3. The molecule has 0 saturated carbocycles. The highest BCUT2D eigenvalue weighted by atomic mass is 16.7. The van der Waals surface area contributed by atoms with Gasteiger partial charge < -0.3 is 29.9 Å². The van der Waals surface area contributed by atoms with Crippen molar-refractivity contribution in [2.75, 3.05) is 6.61 Å². The standard InChI is InChI=1S/C25H36O6/c1-11(2)8-15-9-13(4)16-7-6-12(3)18-20(16)19(15)14(5)24(22(18)28)31-25-23(29)21(27)17(26)10-30-25/h8,12-13,15-17,21,23,25-29H,6-7,9-10H2,1-5H3/t12-,13-,15-,16?,17-,21-,23+,25-/m0/s1. The van der Waals surface area contributed by atoms with Gasteiger partial charge in [-0.25, -0.2) is 0 Å². The molecule has 0 radical (unpaired) electrons. The first-order valence-electron chi connectivity index (χ1n) is 11.5. The Balaban J connectivity index is 1.85. The molecule has 1 heterocycles. The van der Waals surface area contributed by atoms with Crippen molar-refractivity contribution < 1.29 is 29.9 Å². The molecule has 4 N–H and O–H groups in total. The smallest absolute Gasteiger partial charge is 0.229 e. The first kappa shape index (κ1) is 22.6. The number of aliphatic hydroxyl groups is 3. The number of allylic oxidation sites excluding steroid dienone is 2. The average Bonchev–Trinajstić information content (AvgIpc) is 2.69. The van der Waals surface area contributed by atoms with Crippen molar-refractivity contribution >= 4 is 0 Å². The molecule has 0 amide bonds. The number of hydrogen-bond donors (Lipinski definition) is 4. The fourth-order valence-electron chi connectivity index (χ4n) is 5.94. The third-order valence-electron chi connectivity index (χ3n) is 7.48. The van der Waals surface area contributed by atoms with Gasteiger partial charge in [0.15, 0.2) is 11.5 Å². The molecule has 8 atom stereocenters. The Hall–Kier alpha value is -1.60. The fourth-order valence-corrected chi connectivity index (χ4v) is 5.94. The van der Waals surface area contributed by atoms with Crippen LogP contribution in [0.4, 0.5) is 0 Å². The van der Waals surface area contributed by atoms with E-state index in [2.05, 4.69) is 33.8 Å². The number of hydrogen-bond acceptors (Lipinski definition) is 6. The molecule has 1 unspecified atom stereocenters. The molecule has 1 saturated heterocycles. The number of ether oxygens (including phenoxy) is 2. The molecule has 31 heavy (non-hydrogen) atoms. The van der Waals surface area contributed by atoms with Crippen molar-refractivity contribution in [1.29, 1.82) is 0 Å². The third kappa shape index (κ3) is 3.78. The normalized spacial score (nSPS) is 37.2. The van der Waals surface area contributed by atoms with E-state index in [1.165, 1.54) is 16.7 Å². The van der Waals surface area contributed by atoms with E-state index in [9.17, 15) is 20.4 Å². The van der Waals surface area contributed by atoms with Crippen molar-refractivity contribution in [1.82, 2.24) is 0 Å². The molecule has 1 aromatic rings. The lowest BCUT2D eigenvalue weighted by atomic mass is 9.62. The molecule has 1 aromatic carbocycles. The second kappa shape index (κ2) is 8.39. The van der Waals surface area contributed by atoms with Crippen LogP contribution in [0.2, 0.25) is 0 Å². The summed E-state index contributed by atoms with van der Waals surface area (Å²) in [6.07, 6.45) is 0.395. The molecule has 4 rings (SSSR count). The van der Waals surface area contributed by atoms with Gasteiger partial charge in [0.1, 0.15) is 18.3 Å². The molecule has 2 aliphatic carbocycles. The predicted molar refractivity (Wildman–Crippen MR) is 118 cm³/mol. The lowest BCUT2D eigenvalue weighted by molar-refractivity contribution is -0.242. The average molecular weight is 433 g/mol. The highest BCUT2D eigenvalue weighted by Crippen LogP contribution is 2.58. The van der Waals surface area contributed by atoms with Crippen molar-refractivity contribution in [3.63, 3.8) is 0 Å². The summed E-state index contributed by atoms with van der Waals surface area (Å²) in [6, 6.07) is 0. The van der Waals surface area contributed by atoms with Crippen molar-refractivity contribution in [2.45, 2.75) is 96.2 Å². The summed E-state index contributed by atoms with van der Waals surface area (Å²) < 4.78 is 11.5. The monoisotopic (exact) mass is 432 g/mol. The van der Waals surface area contributed by atoms with Crippen LogP contribution < -0.4 is 4.74 Å². The Morgan fingerprint density at radius 1 is 1.03 bits per heavy atom. The minimum absolute atomic E-state index is 0.120. The van der Waals surface area contributed by atoms with Crippen LogP contribution in [0.1, 0.15) is 87.0 Å². The largest absolute Gasteiger partial charge is 0.504 e. The van der Waals surface area contributed by atoms with Crippen molar-refractivity contribution in [3.8, 4) is 11.5 Å². The molecule has 1 aliphatic heterocycles. The zero-order valence-corrected chi connectivity index (χ0v) is 19.1. The molecule has 6 nitrogen and oxygen atoms in total. The molecule has 0 bridgehead atoms. The van der Waals surface area contributed by atoms with Crippen LogP contribution in [-0.2, 0) is 4.74 Å². The SMILES string of the molecule is CC(C)=C[C@H]1C[C@H](C)C2CC[C@H](C)c3c(O)c(O[C@@H]4OC[C@H](O)[C@H](O)[C@H]4O)c(C)c1c32. The fraction of sp³-hybridized carbons (Fsp3) is 0.680. The van der Waals surface area contributed by atoms with Gasteiger partial charge in [-0.15, -0.1) is 0 Å². The van der Waals surface area contributed by atoms with Gasteiger partial charge in [0.2, 0.25) is 6.29 Å². The van der Waals surface area contributed by atoms with Crippen LogP contribution in [0.15, 0.2) is 11.6 Å². The summed E-state index contributed by atoms with van der Waals surface area (Å²) in [5, 5.41) is 41.5. The Bertz CT molecular complexity index is 873. The molecule has 6 heteroatoms. The summed E-state index contributed by atoms with van der Waals surface area (Å²) in [7, 11) is 0. The number of aliphatic hydroxyl groups excluding tert-OH is 3. The van der Waals surface area contributed by atoms with E-state index in [-0.39, 0.29) is 24.2 Å². The Labute approximate surface area is 184 Å². The zero-order valence-electron chi connectivity index (χ0n) is 19.1. The van der Waals surface area contributed by atoms with Crippen molar-refractivity contribution in [2.24, 2.45) is 5.92 Å². The molecule has 1 fully saturated rings. The molecule has 0 aromatic heterocycles. The van der Waals surface area contributed by atoms with E-state index in [4.69, 9.17) is 9.47 Å². The summed E-state index contributed by atoms with van der Waals surface area (Å²) in [5.74, 6) is 1.84. The molecule has 0 spiro atoms. The number of aromatic hydroxyl groups is 1. The maximum atomic E-state index is 11.3. The maximum Gasteiger partial charge on any atom is 0.229 e. The van der Waals surface area contributed by atoms with Crippen LogP contribution in [0.5, 0.6) is 11.5 Å². The van der Waals surface area contributed by atoms with Gasteiger partial charge in [0, 0.05) is 11.5 Å². The number of phenols is 1. The van der Waals surface area contributed by atoms with E-state index >= 15 is 0 Å². The second-order valence-corrected chi connectivity index (χ2v) is 10.1. The topological polar surface area (TPSA) is 99.4 Å². The Morgan fingerprint density at radius 2 is 1.74 bits per heavy atom. The van der Waals surface area contributed by atoms with Gasteiger partial charge in [0.05, 0.1) is 6.61 Å². The number of phenolic OH excluding ortho intramolecular Hbond substituents is 1. The first-order valence-corrected chi connectivity index (χ1v) is 11.5. The summed E-state index contributed by atoms with van der Waals surface area (Å²) in [4.78, 5) is 0. The van der Waals surface area contributed by atoms with Crippen LogP contribution in [0, 0.1) is 12.8 Å². The van der Waals surface area contributed by atoms with Crippen LogP contribution >= 0.6 is 0 Å². The van der Waals surface area contributed by atoms with E-state index in [1.54, 1.807) is 0 Å². The lowest BCUT2D eigenvalue weighted by Crippen LogP contribution is -2.54. The Kier molecular flexibility index (Phi) is 6.12. The van der Waals surface area contributed by atoms with Crippen LogP contribution in [0.25, 0.3) is 0 Å². The summed E-state index contributed by atoms with van der Waals surface area (Å²) >= 11 is 0. The second-order valence-electron chi connectivity index (χ2n) is 10.1. The predicted octanol–water partition coefficient (Wildman–Crippen LogP) is 3.59. The van der Waals surface area contributed by atoms with Gasteiger partial charge in [-0.05, 0) is 74.5 Å². The van der Waals surface area contributed by atoms with Gasteiger partial charge in [-0.2, -0.15) is 0 Å². The molecule has 3 aliphatic rings. The highest BCUT2D eigenvalue weighted by molar-refractivity contribution is 5.64. The van der Waals surface area contributed by atoms with E-state index < -0.39 is 24.6 Å². The molecular formula is C25H36O6. The van der Waals surface area contributed by atoms with Crippen molar-refractivity contribution in [3.05, 3.63) is 33.9 Å². The van der Waals surface area contributed by atoms with Gasteiger partial charge in [0.25, 0.3) is 0 Å². The lowest BCUT2D eigenvalue weighted by Gasteiger charge is -2.44. The van der Waals surface area contributed by atoms with Crippen LogP contribution in [-0.4, -0.2) is 51.6 Å². The van der Waals surface area contributed by atoms with Gasteiger partial charge in [-0.1, -0.05) is 25.5 Å². The minimum Gasteiger partial charge on any atom is -0.504 e. The van der Waals surface area contributed by atoms with Gasteiger partial charge in [-0.3, -0.25) is 0 Å². The highest BCUT2D eigenvalue weighted by Gasteiger charge is 2.43. The van der Waals surface area contributed by atoms with E-state index in [0.29, 0.717) is 17.6 Å². The third-order valence-corrected chi connectivity index (χ3v) is 7.48. The number of benzene rings is 1. The summed E-state index contributed by atoms with van der Waals surface area (Å²) in [6.45, 7) is 10.5. The molecule has 172 valence electrons. The first-order chi connectivity index (χ1) is 14.6. The number of rotatable bonds is 3. The minimum atomic E-state index is -1.41. The quantitative estimate of drug-likeness (QED) is 0.545. The van der Waals surface area contributed by atoms with Crippen LogP contribution in [0.3, 0.4) is 0 Å². The van der Waals surface area contributed by atoms with Gasteiger partial charge >= 0.3 is 0 Å². The van der Waals surface area contributed by atoms with E-state index in [1.807, 2.05) is 6.92 Å². The Morgan fingerprint density at radius 3 is 2.42 bits per heavy atom. The van der Waals surface area contributed by atoms with E-state index in [0.717, 1.165) is 30.4 Å². The molecular weight excluding hydrogens is 396 g/mol. The zero-order chi connectivity index (χ0) is 22.6. The summed E-state index contributed by atoms with van der Waals surface area (Å²) in [5.41, 5.74) is 5.58.